The number of nitrogens with zero attached hydrogens (tertiary/aromatic N) is 6. The first-order valence-corrected chi connectivity index (χ1v) is 12.3. The zero-order chi connectivity index (χ0) is 24.2. The van der Waals surface area contributed by atoms with Crippen LogP contribution in [-0.4, -0.2) is 34.6 Å². The molecular weight excluding hydrogens is 577 g/mol. The highest BCUT2D eigenvalue weighted by atomic mass is 127. The van der Waals surface area contributed by atoms with Crippen molar-refractivity contribution in [2.24, 2.45) is 7.05 Å². The topological polar surface area (TPSA) is 93.7 Å². The summed E-state index contributed by atoms with van der Waals surface area (Å²) in [5.74, 6) is 1.06. The van der Waals surface area contributed by atoms with E-state index in [-0.39, 0.29) is 6.04 Å². The van der Waals surface area contributed by atoms with Crippen LogP contribution in [0.25, 0.3) is 0 Å². The number of aliphatic hydroxyl groups is 1. The second-order valence-electron chi connectivity index (χ2n) is 8.40. The highest BCUT2D eigenvalue weighted by Crippen LogP contribution is 2.43. The molecule has 0 saturated heterocycles. The molecule has 0 radical (unpaired) electrons. The maximum absolute atomic E-state index is 12.3. The predicted molar refractivity (Wildman–Crippen MR) is 141 cm³/mol. The quantitative estimate of drug-likeness (QED) is 0.289. The van der Waals surface area contributed by atoms with E-state index in [9.17, 15) is 5.11 Å². The van der Waals surface area contributed by atoms with Crippen molar-refractivity contribution in [3.8, 4) is 0 Å². The third-order valence-electron chi connectivity index (χ3n) is 6.29. The third-order valence-corrected chi connectivity index (χ3v) is 7.24. The van der Waals surface area contributed by atoms with Crippen LogP contribution in [0.5, 0.6) is 0 Å². The molecule has 2 N–H and O–H groups in total. The predicted octanol–water partition coefficient (Wildman–Crippen LogP) is 4.64. The van der Waals surface area contributed by atoms with Crippen LogP contribution in [0.4, 0.5) is 11.6 Å². The molecule has 10 heteroatoms. The van der Waals surface area contributed by atoms with Crippen molar-refractivity contribution >= 4 is 45.8 Å². The van der Waals surface area contributed by atoms with E-state index in [1.54, 1.807) is 10.9 Å². The number of fused-ring (bicyclic) bond motifs is 2. The van der Waals surface area contributed by atoms with Gasteiger partial charge in [-0.2, -0.15) is 10.1 Å². The number of hydrogen-bond acceptors (Lipinski definition) is 6. The van der Waals surface area contributed by atoms with Crippen LogP contribution in [0.1, 0.15) is 34.1 Å². The molecule has 5 aromatic rings. The fraction of sp³-hybridized carbons (Fsp3) is 0.120. The zero-order valence-corrected chi connectivity index (χ0v) is 21.4. The Morgan fingerprint density at radius 1 is 1.06 bits per heavy atom. The van der Waals surface area contributed by atoms with Crippen LogP contribution in [-0.2, 0) is 12.6 Å². The number of anilines is 2. The summed E-state index contributed by atoms with van der Waals surface area (Å²) in [7, 11) is 1.82. The molecular formula is C25H19ClIN7O. The van der Waals surface area contributed by atoms with Crippen molar-refractivity contribution in [2.45, 2.75) is 11.6 Å². The summed E-state index contributed by atoms with van der Waals surface area (Å²) in [6.45, 7) is 0. The maximum atomic E-state index is 12.3. The van der Waals surface area contributed by atoms with Gasteiger partial charge in [0.15, 0.2) is 11.4 Å². The van der Waals surface area contributed by atoms with Gasteiger partial charge in [0.1, 0.15) is 18.7 Å². The smallest absolute Gasteiger partial charge is 0.226 e. The molecule has 2 unspecified atom stereocenters. The molecule has 1 aliphatic rings. The lowest BCUT2D eigenvalue weighted by atomic mass is 9.83. The Kier molecular flexibility index (Phi) is 5.35. The number of rotatable bonds is 4. The van der Waals surface area contributed by atoms with Crippen LogP contribution in [0.3, 0.4) is 0 Å². The van der Waals surface area contributed by atoms with Gasteiger partial charge in [0.2, 0.25) is 5.95 Å². The van der Waals surface area contributed by atoms with E-state index in [4.69, 9.17) is 11.6 Å². The summed E-state index contributed by atoms with van der Waals surface area (Å²) in [5, 5.41) is 29.1. The van der Waals surface area contributed by atoms with Gasteiger partial charge in [0.05, 0.1) is 0 Å². The number of aromatic nitrogens is 6. The van der Waals surface area contributed by atoms with Gasteiger partial charge >= 0.3 is 0 Å². The summed E-state index contributed by atoms with van der Waals surface area (Å²) < 4.78 is 4.63. The van der Waals surface area contributed by atoms with Gasteiger partial charge in [-0.25, -0.2) is 4.68 Å². The molecule has 0 bridgehead atoms. The van der Waals surface area contributed by atoms with Gasteiger partial charge < -0.3 is 15.0 Å². The molecule has 6 rings (SSSR count). The summed E-state index contributed by atoms with van der Waals surface area (Å²) in [4.78, 5) is 4.37. The minimum absolute atomic E-state index is 0.289. The first kappa shape index (κ1) is 22.2. The minimum atomic E-state index is -1.54. The number of aryl methyl sites for hydroxylation is 1. The van der Waals surface area contributed by atoms with E-state index < -0.39 is 5.60 Å². The van der Waals surface area contributed by atoms with Gasteiger partial charge in [-0.1, -0.05) is 41.9 Å². The van der Waals surface area contributed by atoms with Gasteiger partial charge in [-0.3, -0.25) is 0 Å². The fourth-order valence-electron chi connectivity index (χ4n) is 4.63. The first-order chi connectivity index (χ1) is 16.9. The van der Waals surface area contributed by atoms with E-state index in [1.807, 2.05) is 78.5 Å². The van der Waals surface area contributed by atoms with Crippen LogP contribution < -0.4 is 5.32 Å². The van der Waals surface area contributed by atoms with Crippen molar-refractivity contribution in [2.75, 3.05) is 5.32 Å². The van der Waals surface area contributed by atoms with E-state index >= 15 is 0 Å². The van der Waals surface area contributed by atoms with Gasteiger partial charge in [-0.15, -0.1) is 10.2 Å². The van der Waals surface area contributed by atoms with Crippen LogP contribution in [0.2, 0.25) is 5.02 Å². The fourth-order valence-corrected chi connectivity index (χ4v) is 5.19. The third kappa shape index (κ3) is 3.62. The highest BCUT2D eigenvalue weighted by Gasteiger charge is 2.40. The summed E-state index contributed by atoms with van der Waals surface area (Å²) in [5.41, 5.74) is 2.58. The standard InChI is InChI=1S/C25H19ClIN7O/c1-33-14-29-32-23(33)25(35,16-5-8-19(27)9-6-16)17-7-10-21-20(12-17)22(15-3-2-4-18(26)11-15)34-24(31-21)28-13-30-34/h2-14,22,35H,1H3,(H,28,30,31). The van der Waals surface area contributed by atoms with E-state index in [2.05, 4.69) is 48.2 Å². The van der Waals surface area contributed by atoms with Crippen molar-refractivity contribution < 1.29 is 5.11 Å². The molecule has 35 heavy (non-hydrogen) atoms. The van der Waals surface area contributed by atoms with Gasteiger partial charge in [0.25, 0.3) is 0 Å². The molecule has 2 aromatic heterocycles. The Bertz CT molecular complexity index is 1550. The average Bonchev–Trinajstić information content (AvgIpc) is 3.51. The van der Waals surface area contributed by atoms with E-state index in [1.165, 1.54) is 6.33 Å². The number of nitrogens with one attached hydrogen (secondary N) is 1. The molecule has 2 atom stereocenters. The van der Waals surface area contributed by atoms with Crippen molar-refractivity contribution in [3.05, 3.63) is 116 Å². The van der Waals surface area contributed by atoms with E-state index in [0.717, 1.165) is 20.4 Å². The Morgan fingerprint density at radius 3 is 2.60 bits per heavy atom. The second-order valence-corrected chi connectivity index (χ2v) is 10.1. The molecule has 0 aliphatic carbocycles. The van der Waals surface area contributed by atoms with Crippen LogP contribution in [0.15, 0.2) is 79.4 Å². The van der Waals surface area contributed by atoms with Crippen molar-refractivity contribution in [3.63, 3.8) is 0 Å². The van der Waals surface area contributed by atoms with Crippen molar-refractivity contribution in [1.29, 1.82) is 0 Å². The first-order valence-electron chi connectivity index (χ1n) is 10.8. The molecule has 1 aliphatic heterocycles. The molecule has 0 amide bonds. The zero-order valence-electron chi connectivity index (χ0n) is 18.5. The summed E-state index contributed by atoms with van der Waals surface area (Å²) in [6.07, 6.45) is 3.11. The second kappa shape index (κ2) is 8.43. The monoisotopic (exact) mass is 595 g/mol. The minimum Gasteiger partial charge on any atom is -0.373 e. The lowest BCUT2D eigenvalue weighted by molar-refractivity contribution is 0.112. The molecule has 174 valence electrons. The summed E-state index contributed by atoms with van der Waals surface area (Å²) in [6, 6.07) is 21.0. The number of halogens is 2. The lowest BCUT2D eigenvalue weighted by Crippen LogP contribution is -2.33. The Labute approximate surface area is 219 Å². The van der Waals surface area contributed by atoms with Crippen LogP contribution in [0, 0.1) is 3.57 Å². The normalized spacial score (nSPS) is 16.2. The molecule has 3 aromatic carbocycles. The molecule has 8 nitrogen and oxygen atoms in total. The Balaban J connectivity index is 1.58. The Hall–Kier alpha value is -3.28. The molecule has 0 spiro atoms. The van der Waals surface area contributed by atoms with Gasteiger partial charge in [0, 0.05) is 26.9 Å². The Morgan fingerprint density at radius 2 is 1.86 bits per heavy atom. The average molecular weight is 596 g/mol. The van der Waals surface area contributed by atoms with Crippen molar-refractivity contribution in [1.82, 2.24) is 29.5 Å². The largest absolute Gasteiger partial charge is 0.373 e. The highest BCUT2D eigenvalue weighted by molar-refractivity contribution is 14.1. The van der Waals surface area contributed by atoms with Crippen LogP contribution >= 0.6 is 34.2 Å². The SMILES string of the molecule is Cn1cnnc1C(O)(c1ccc(I)cc1)c1ccc2c(c1)C(c1cccc(Cl)c1)n1ncnc1N2. The molecule has 3 heterocycles. The van der Waals surface area contributed by atoms with E-state index in [0.29, 0.717) is 27.9 Å². The molecule has 0 fully saturated rings. The lowest BCUT2D eigenvalue weighted by Gasteiger charge is -2.32. The summed E-state index contributed by atoms with van der Waals surface area (Å²) >= 11 is 8.60. The number of benzene rings is 3. The maximum Gasteiger partial charge on any atom is 0.226 e. The number of hydrogen-bond donors (Lipinski definition) is 2. The molecule has 0 saturated carbocycles. The van der Waals surface area contributed by atoms with Gasteiger partial charge in [-0.05, 0) is 75.7 Å².